The number of amides is 2. The molecule has 1 atom stereocenters. The summed E-state index contributed by atoms with van der Waals surface area (Å²) in [4.78, 5) is 35.1. The van der Waals surface area contributed by atoms with Gasteiger partial charge in [-0.05, 0) is 26.8 Å². The van der Waals surface area contributed by atoms with Crippen molar-refractivity contribution in [1.82, 2.24) is 10.6 Å². The summed E-state index contributed by atoms with van der Waals surface area (Å²) in [6.07, 6.45) is 0. The van der Waals surface area contributed by atoms with Crippen LogP contribution in [0.4, 0.5) is 4.79 Å². The van der Waals surface area contributed by atoms with Gasteiger partial charge in [-0.15, -0.1) is 0 Å². The van der Waals surface area contributed by atoms with Crippen LogP contribution in [0.25, 0.3) is 0 Å². The van der Waals surface area contributed by atoms with E-state index in [1.54, 1.807) is 20.8 Å². The standard InChI is InChI=1S/C18H21ClN2O7/c1-4-26-12-6-10(11(19)7-13(12)28-8-14(22)23)16-15(17(24)27-5-2)9(3)20-18(25)21-16/h6-7,16H,4-5,8H2,1-3H3,(H,22,23)(H2,20,21,25)/p-1/t16-/m1/s1. The van der Waals surface area contributed by atoms with Gasteiger partial charge in [0.05, 0.1) is 35.8 Å². The Morgan fingerprint density at radius 1 is 1.18 bits per heavy atom. The van der Waals surface area contributed by atoms with E-state index in [4.69, 9.17) is 25.8 Å². The molecule has 0 saturated heterocycles. The highest BCUT2D eigenvalue weighted by Crippen LogP contribution is 2.39. The Balaban J connectivity index is 2.52. The lowest BCUT2D eigenvalue weighted by atomic mass is 9.95. The molecule has 2 rings (SSSR count). The van der Waals surface area contributed by atoms with Gasteiger partial charge in [0.2, 0.25) is 0 Å². The van der Waals surface area contributed by atoms with E-state index >= 15 is 0 Å². The van der Waals surface area contributed by atoms with Crippen LogP contribution in [0.3, 0.4) is 0 Å². The molecule has 0 radical (unpaired) electrons. The molecule has 0 aromatic heterocycles. The fourth-order valence-corrected chi connectivity index (χ4v) is 2.96. The van der Waals surface area contributed by atoms with Crippen LogP contribution in [0.1, 0.15) is 32.4 Å². The lowest BCUT2D eigenvalue weighted by molar-refractivity contribution is -0.307. The zero-order chi connectivity index (χ0) is 20.8. The van der Waals surface area contributed by atoms with Crippen LogP contribution in [-0.4, -0.2) is 37.8 Å². The lowest BCUT2D eigenvalue weighted by Crippen LogP contribution is -2.45. The first-order valence-corrected chi connectivity index (χ1v) is 8.90. The molecule has 10 heteroatoms. The van der Waals surface area contributed by atoms with Gasteiger partial charge in [-0.3, -0.25) is 0 Å². The van der Waals surface area contributed by atoms with Gasteiger partial charge >= 0.3 is 12.0 Å². The van der Waals surface area contributed by atoms with Gasteiger partial charge in [0.1, 0.15) is 6.61 Å². The molecule has 0 unspecified atom stereocenters. The molecule has 0 aliphatic carbocycles. The summed E-state index contributed by atoms with van der Waals surface area (Å²) in [5, 5.41) is 16.0. The number of esters is 1. The van der Waals surface area contributed by atoms with Crippen molar-refractivity contribution in [2.45, 2.75) is 26.8 Å². The molecule has 1 aliphatic rings. The maximum atomic E-state index is 12.4. The van der Waals surface area contributed by atoms with Gasteiger partial charge in [0.25, 0.3) is 0 Å². The summed E-state index contributed by atoms with van der Waals surface area (Å²) in [6, 6.07) is 1.44. The normalized spacial score (nSPS) is 16.1. The predicted octanol–water partition coefficient (Wildman–Crippen LogP) is 1.06. The fraction of sp³-hybridized carbons (Fsp3) is 0.389. The van der Waals surface area contributed by atoms with E-state index in [0.29, 0.717) is 11.3 Å². The Morgan fingerprint density at radius 2 is 1.86 bits per heavy atom. The lowest BCUT2D eigenvalue weighted by Gasteiger charge is -2.29. The third-order valence-electron chi connectivity index (χ3n) is 3.78. The third kappa shape index (κ3) is 4.86. The zero-order valence-corrected chi connectivity index (χ0v) is 16.3. The second-order valence-corrected chi connectivity index (χ2v) is 6.11. The molecule has 0 bridgehead atoms. The highest BCUT2D eigenvalue weighted by atomic mass is 35.5. The number of aliphatic carboxylic acids is 1. The Hall–Kier alpha value is -2.94. The highest BCUT2D eigenvalue weighted by molar-refractivity contribution is 6.31. The SMILES string of the molecule is CCOC(=O)C1=C(C)NC(=O)N[C@@H]1c1cc(OCC)c(OCC(=O)[O-])cc1Cl. The Morgan fingerprint density at radius 3 is 2.46 bits per heavy atom. The van der Waals surface area contributed by atoms with Crippen LogP contribution in [0.5, 0.6) is 11.5 Å². The number of hydrogen-bond acceptors (Lipinski definition) is 7. The van der Waals surface area contributed by atoms with E-state index in [2.05, 4.69) is 10.6 Å². The van der Waals surface area contributed by atoms with Crippen LogP contribution < -0.4 is 25.2 Å². The Labute approximate surface area is 166 Å². The minimum Gasteiger partial charge on any atom is -0.546 e. The molecule has 1 aromatic rings. The zero-order valence-electron chi connectivity index (χ0n) is 15.6. The molecule has 1 aromatic carbocycles. The maximum absolute atomic E-state index is 12.4. The minimum absolute atomic E-state index is 0.0958. The summed E-state index contributed by atoms with van der Waals surface area (Å²) in [5.74, 6) is -1.71. The van der Waals surface area contributed by atoms with E-state index in [9.17, 15) is 19.5 Å². The first-order valence-electron chi connectivity index (χ1n) is 8.52. The number of benzene rings is 1. The minimum atomic E-state index is -1.41. The van der Waals surface area contributed by atoms with Crippen LogP contribution >= 0.6 is 11.6 Å². The van der Waals surface area contributed by atoms with Crippen LogP contribution in [-0.2, 0) is 14.3 Å². The number of carbonyl (C=O) groups excluding carboxylic acids is 3. The third-order valence-corrected chi connectivity index (χ3v) is 4.11. The van der Waals surface area contributed by atoms with Gasteiger partial charge in [-0.2, -0.15) is 0 Å². The van der Waals surface area contributed by atoms with E-state index < -0.39 is 30.6 Å². The first kappa shape index (κ1) is 21.4. The number of urea groups is 1. The van der Waals surface area contributed by atoms with Crippen molar-refractivity contribution >= 4 is 29.6 Å². The Bertz CT molecular complexity index is 822. The second kappa shape index (κ2) is 9.32. The van der Waals surface area contributed by atoms with Crippen molar-refractivity contribution in [2.75, 3.05) is 19.8 Å². The van der Waals surface area contributed by atoms with E-state index in [1.165, 1.54) is 12.1 Å². The number of carbonyl (C=O) groups is 3. The number of rotatable bonds is 8. The number of hydrogen-bond donors (Lipinski definition) is 2. The largest absolute Gasteiger partial charge is 0.546 e. The molecule has 2 amide bonds. The summed E-state index contributed by atoms with van der Waals surface area (Å²) in [6.45, 7) is 4.71. The maximum Gasteiger partial charge on any atom is 0.338 e. The van der Waals surface area contributed by atoms with Crippen molar-refractivity contribution in [3.63, 3.8) is 0 Å². The van der Waals surface area contributed by atoms with E-state index in [-0.39, 0.29) is 35.3 Å². The summed E-state index contributed by atoms with van der Waals surface area (Å²) in [5.41, 5.74) is 0.885. The van der Waals surface area contributed by atoms with Gasteiger partial charge in [0, 0.05) is 17.3 Å². The van der Waals surface area contributed by atoms with E-state index in [0.717, 1.165) is 0 Å². The van der Waals surface area contributed by atoms with Crippen molar-refractivity contribution in [1.29, 1.82) is 0 Å². The van der Waals surface area contributed by atoms with Crippen LogP contribution in [0, 0.1) is 0 Å². The van der Waals surface area contributed by atoms with Crippen LogP contribution in [0.15, 0.2) is 23.4 Å². The molecular weight excluding hydrogens is 392 g/mol. The molecule has 0 saturated carbocycles. The molecule has 0 fully saturated rings. The predicted molar refractivity (Wildman–Crippen MR) is 96.9 cm³/mol. The number of carboxylic acids is 1. The second-order valence-electron chi connectivity index (χ2n) is 5.70. The smallest absolute Gasteiger partial charge is 0.338 e. The number of carboxylic acid groups (broad SMARTS) is 1. The number of nitrogens with one attached hydrogen (secondary N) is 2. The molecule has 2 N–H and O–H groups in total. The number of halogens is 1. The summed E-state index contributed by atoms with van der Waals surface area (Å²) < 4.78 is 15.7. The van der Waals surface area contributed by atoms with Gasteiger partial charge < -0.3 is 34.7 Å². The van der Waals surface area contributed by atoms with Crippen LogP contribution in [0.2, 0.25) is 5.02 Å². The summed E-state index contributed by atoms with van der Waals surface area (Å²) >= 11 is 6.35. The van der Waals surface area contributed by atoms with Crippen molar-refractivity contribution in [3.05, 3.63) is 34.0 Å². The quantitative estimate of drug-likeness (QED) is 0.612. The van der Waals surface area contributed by atoms with Gasteiger partial charge in [-0.1, -0.05) is 11.6 Å². The molecule has 9 nitrogen and oxygen atoms in total. The topological polar surface area (TPSA) is 126 Å². The van der Waals surface area contributed by atoms with Crippen molar-refractivity contribution in [2.24, 2.45) is 0 Å². The molecule has 0 spiro atoms. The molecule has 28 heavy (non-hydrogen) atoms. The Kier molecular flexibility index (Phi) is 7.11. The molecule has 1 aliphatic heterocycles. The monoisotopic (exact) mass is 411 g/mol. The molecular formula is C18H20ClN2O7-. The number of ether oxygens (including phenoxy) is 3. The molecule has 152 valence electrons. The fourth-order valence-electron chi connectivity index (χ4n) is 2.70. The van der Waals surface area contributed by atoms with Gasteiger partial charge in [0.15, 0.2) is 11.5 Å². The van der Waals surface area contributed by atoms with Crippen molar-refractivity contribution < 1.29 is 33.7 Å². The molecule has 1 heterocycles. The highest BCUT2D eigenvalue weighted by Gasteiger charge is 2.34. The van der Waals surface area contributed by atoms with E-state index in [1.807, 2.05) is 0 Å². The van der Waals surface area contributed by atoms with Crippen molar-refractivity contribution in [3.8, 4) is 11.5 Å². The first-order chi connectivity index (χ1) is 13.3. The average Bonchev–Trinajstić information content (AvgIpc) is 2.61. The average molecular weight is 412 g/mol. The summed E-state index contributed by atoms with van der Waals surface area (Å²) in [7, 11) is 0. The number of allylic oxidation sites excluding steroid dienone is 1. The van der Waals surface area contributed by atoms with Gasteiger partial charge in [-0.25, -0.2) is 9.59 Å².